The molecule has 0 saturated carbocycles. The van der Waals surface area contributed by atoms with Gasteiger partial charge in [-0.25, -0.2) is 4.39 Å². The summed E-state index contributed by atoms with van der Waals surface area (Å²) in [6.45, 7) is 0.0719. The van der Waals surface area contributed by atoms with E-state index in [1.54, 1.807) is 18.2 Å². The van der Waals surface area contributed by atoms with Crippen molar-refractivity contribution in [2.45, 2.75) is 6.54 Å². The summed E-state index contributed by atoms with van der Waals surface area (Å²) in [5.41, 5.74) is 1.43. The second kappa shape index (κ2) is 5.38. The summed E-state index contributed by atoms with van der Waals surface area (Å²) in [5, 5.41) is -0.0290. The predicted molar refractivity (Wildman–Crippen MR) is 84.8 cm³/mol. The maximum atomic E-state index is 13.2. The lowest BCUT2D eigenvalue weighted by Crippen LogP contribution is -2.29. The molecule has 0 saturated heterocycles. The number of halogens is 3. The summed E-state index contributed by atoms with van der Waals surface area (Å²) in [6, 6.07) is 9.31. The molecule has 21 heavy (non-hydrogen) atoms. The highest BCUT2D eigenvalue weighted by molar-refractivity contribution is 14.1. The number of amides is 2. The molecule has 106 valence electrons. The topological polar surface area (TPSA) is 37.4 Å². The van der Waals surface area contributed by atoms with Crippen LogP contribution in [0.3, 0.4) is 0 Å². The van der Waals surface area contributed by atoms with Gasteiger partial charge in [0, 0.05) is 3.57 Å². The number of hydrogen-bond donors (Lipinski definition) is 0. The Morgan fingerprint density at radius 2 is 1.90 bits per heavy atom. The standard InChI is InChI=1S/C15H8ClFINO2/c16-10-6-8(4-5-11(10)17)7-19-14(20)9-2-1-3-12(18)13(9)15(19)21/h1-6H,7H2. The number of nitrogens with zero attached hydrogens (tertiary/aromatic N) is 1. The van der Waals surface area contributed by atoms with E-state index in [0.29, 0.717) is 16.7 Å². The van der Waals surface area contributed by atoms with Crippen LogP contribution in [0, 0.1) is 9.39 Å². The van der Waals surface area contributed by atoms with Crippen LogP contribution >= 0.6 is 34.2 Å². The molecular weight excluding hydrogens is 408 g/mol. The van der Waals surface area contributed by atoms with Crippen LogP contribution in [-0.4, -0.2) is 16.7 Å². The van der Waals surface area contributed by atoms with E-state index in [1.165, 1.54) is 18.2 Å². The van der Waals surface area contributed by atoms with E-state index in [4.69, 9.17) is 11.6 Å². The summed E-state index contributed by atoms with van der Waals surface area (Å²) in [5.74, 6) is -1.20. The molecule has 3 nitrogen and oxygen atoms in total. The third-order valence-corrected chi connectivity index (χ3v) is 4.46. The molecule has 2 amide bonds. The van der Waals surface area contributed by atoms with E-state index in [-0.39, 0.29) is 23.4 Å². The Hall–Kier alpha value is -1.47. The third kappa shape index (κ3) is 2.44. The van der Waals surface area contributed by atoms with Gasteiger partial charge in [0.2, 0.25) is 0 Å². The molecule has 0 unspecified atom stereocenters. The Balaban J connectivity index is 1.95. The number of carbonyl (C=O) groups is 2. The number of carbonyl (C=O) groups excluding carboxylic acids is 2. The van der Waals surface area contributed by atoms with Crippen LogP contribution in [0.25, 0.3) is 0 Å². The first kappa shape index (κ1) is 14.5. The van der Waals surface area contributed by atoms with Gasteiger partial charge in [0.15, 0.2) is 0 Å². The van der Waals surface area contributed by atoms with Crippen molar-refractivity contribution in [3.8, 4) is 0 Å². The molecule has 3 rings (SSSR count). The van der Waals surface area contributed by atoms with Gasteiger partial charge < -0.3 is 0 Å². The monoisotopic (exact) mass is 415 g/mol. The van der Waals surface area contributed by atoms with Crippen LogP contribution in [0.2, 0.25) is 5.02 Å². The van der Waals surface area contributed by atoms with Crippen LogP contribution < -0.4 is 0 Å². The normalized spacial score (nSPS) is 13.8. The van der Waals surface area contributed by atoms with Gasteiger partial charge in [-0.05, 0) is 52.4 Å². The van der Waals surface area contributed by atoms with Crippen molar-refractivity contribution in [2.24, 2.45) is 0 Å². The lowest BCUT2D eigenvalue weighted by atomic mass is 10.1. The summed E-state index contributed by atoms with van der Waals surface area (Å²) < 4.78 is 13.9. The first-order chi connectivity index (χ1) is 9.99. The number of fused-ring (bicyclic) bond motifs is 1. The Labute approximate surface area is 138 Å². The number of benzene rings is 2. The molecule has 0 N–H and O–H groups in total. The number of rotatable bonds is 2. The first-order valence-electron chi connectivity index (χ1n) is 6.07. The smallest absolute Gasteiger partial charge is 0.262 e. The molecule has 1 aliphatic heterocycles. The number of hydrogen-bond acceptors (Lipinski definition) is 2. The lowest BCUT2D eigenvalue weighted by molar-refractivity contribution is 0.0642. The highest BCUT2D eigenvalue weighted by atomic mass is 127. The zero-order valence-electron chi connectivity index (χ0n) is 10.6. The molecule has 0 spiro atoms. The van der Waals surface area contributed by atoms with Crippen molar-refractivity contribution in [3.05, 3.63) is 67.5 Å². The van der Waals surface area contributed by atoms with Crippen LogP contribution in [0.4, 0.5) is 4.39 Å². The van der Waals surface area contributed by atoms with E-state index in [1.807, 2.05) is 22.6 Å². The highest BCUT2D eigenvalue weighted by Crippen LogP contribution is 2.28. The molecule has 0 aliphatic carbocycles. The largest absolute Gasteiger partial charge is 0.270 e. The summed E-state index contributed by atoms with van der Waals surface area (Å²) >= 11 is 7.75. The Kier molecular flexibility index (Phi) is 3.71. The fourth-order valence-electron chi connectivity index (χ4n) is 2.26. The van der Waals surface area contributed by atoms with Crippen LogP contribution in [0.1, 0.15) is 26.3 Å². The molecule has 0 aromatic heterocycles. The van der Waals surface area contributed by atoms with Gasteiger partial charge >= 0.3 is 0 Å². The van der Waals surface area contributed by atoms with Crippen LogP contribution in [0.5, 0.6) is 0 Å². The molecular formula is C15H8ClFINO2. The van der Waals surface area contributed by atoms with Crippen LogP contribution in [0.15, 0.2) is 36.4 Å². The van der Waals surface area contributed by atoms with Gasteiger partial charge in [-0.15, -0.1) is 0 Å². The van der Waals surface area contributed by atoms with E-state index in [9.17, 15) is 14.0 Å². The highest BCUT2D eigenvalue weighted by Gasteiger charge is 2.36. The van der Waals surface area contributed by atoms with Crippen molar-refractivity contribution >= 4 is 46.0 Å². The Morgan fingerprint density at radius 1 is 1.14 bits per heavy atom. The van der Waals surface area contributed by atoms with Gasteiger partial charge in [0.1, 0.15) is 5.82 Å². The maximum absolute atomic E-state index is 13.2. The fourth-order valence-corrected chi connectivity index (χ4v) is 3.19. The minimum absolute atomic E-state index is 0.0290. The van der Waals surface area contributed by atoms with E-state index >= 15 is 0 Å². The lowest BCUT2D eigenvalue weighted by Gasteiger charge is -2.14. The van der Waals surface area contributed by atoms with Gasteiger partial charge in [-0.3, -0.25) is 14.5 Å². The van der Waals surface area contributed by atoms with Crippen LogP contribution in [-0.2, 0) is 6.54 Å². The zero-order chi connectivity index (χ0) is 15.1. The Bertz CT molecular complexity index is 778. The maximum Gasteiger partial charge on any atom is 0.262 e. The number of imide groups is 1. The van der Waals surface area contributed by atoms with Crippen molar-refractivity contribution in [3.63, 3.8) is 0 Å². The second-order valence-electron chi connectivity index (χ2n) is 4.61. The van der Waals surface area contributed by atoms with E-state index in [0.717, 1.165) is 8.47 Å². The third-order valence-electron chi connectivity index (χ3n) is 3.27. The molecule has 0 atom stereocenters. The van der Waals surface area contributed by atoms with Gasteiger partial charge in [-0.2, -0.15) is 0 Å². The molecule has 1 aliphatic rings. The summed E-state index contributed by atoms with van der Waals surface area (Å²) in [4.78, 5) is 25.8. The van der Waals surface area contributed by atoms with Gasteiger partial charge in [-0.1, -0.05) is 23.7 Å². The Morgan fingerprint density at radius 3 is 2.57 bits per heavy atom. The molecule has 0 radical (unpaired) electrons. The van der Waals surface area contributed by atoms with Crippen molar-refractivity contribution in [1.82, 2.24) is 4.90 Å². The fraction of sp³-hybridized carbons (Fsp3) is 0.0667. The zero-order valence-corrected chi connectivity index (χ0v) is 13.5. The molecule has 2 aromatic rings. The van der Waals surface area contributed by atoms with Gasteiger partial charge in [0.25, 0.3) is 11.8 Å². The molecule has 0 fully saturated rings. The summed E-state index contributed by atoms with van der Waals surface area (Å²) in [6.07, 6.45) is 0. The molecule has 2 aromatic carbocycles. The predicted octanol–water partition coefficient (Wildman–Crippen LogP) is 3.88. The second-order valence-corrected chi connectivity index (χ2v) is 6.18. The minimum Gasteiger partial charge on any atom is -0.270 e. The quantitative estimate of drug-likeness (QED) is 0.551. The van der Waals surface area contributed by atoms with Crippen molar-refractivity contribution in [2.75, 3.05) is 0 Å². The summed E-state index contributed by atoms with van der Waals surface area (Å²) in [7, 11) is 0. The van der Waals surface area contributed by atoms with Crippen molar-refractivity contribution in [1.29, 1.82) is 0 Å². The molecule has 0 bridgehead atoms. The van der Waals surface area contributed by atoms with Gasteiger partial charge in [0.05, 0.1) is 22.7 Å². The average molecular weight is 416 g/mol. The molecule has 6 heteroatoms. The van der Waals surface area contributed by atoms with Crippen molar-refractivity contribution < 1.29 is 14.0 Å². The minimum atomic E-state index is -0.530. The SMILES string of the molecule is O=C1c2cccc(I)c2C(=O)N1Cc1ccc(F)c(Cl)c1. The first-order valence-corrected chi connectivity index (χ1v) is 7.53. The molecule has 1 heterocycles. The average Bonchev–Trinajstić information content (AvgIpc) is 2.69. The van der Waals surface area contributed by atoms with E-state index in [2.05, 4.69) is 0 Å². The van der Waals surface area contributed by atoms with E-state index < -0.39 is 5.82 Å².